The number of carbonyl (C=O) groups excluding carboxylic acids is 3. The Balaban J connectivity index is 1.84. The third-order valence-electron chi connectivity index (χ3n) is 5.47. The summed E-state index contributed by atoms with van der Waals surface area (Å²) < 4.78 is 37.9. The van der Waals surface area contributed by atoms with E-state index >= 15 is 0 Å². The minimum atomic E-state index is -4.01. The van der Waals surface area contributed by atoms with Crippen molar-refractivity contribution >= 4 is 49.2 Å². The fourth-order valence-electron chi connectivity index (χ4n) is 3.96. The number of carbonyl (C=O) groups is 3. The van der Waals surface area contributed by atoms with Gasteiger partial charge in [-0.1, -0.05) is 18.3 Å². The van der Waals surface area contributed by atoms with Crippen molar-refractivity contribution in [2.45, 2.75) is 40.2 Å². The quantitative estimate of drug-likeness (QED) is 0.457. The largest absolute Gasteiger partial charge is 0.494 e. The molecular formula is C23H31N3O7S2. The number of thiazole rings is 1. The van der Waals surface area contributed by atoms with Crippen LogP contribution in [0.3, 0.4) is 0 Å². The van der Waals surface area contributed by atoms with Crippen LogP contribution in [-0.2, 0) is 35.5 Å². The van der Waals surface area contributed by atoms with Gasteiger partial charge in [0, 0.05) is 13.1 Å². The van der Waals surface area contributed by atoms with E-state index < -0.39 is 39.1 Å². The third-order valence-corrected chi connectivity index (χ3v) is 7.89. The molecular weight excluding hydrogens is 494 g/mol. The van der Waals surface area contributed by atoms with E-state index in [0.29, 0.717) is 41.6 Å². The summed E-state index contributed by atoms with van der Waals surface area (Å²) in [7, 11) is -4.01. The number of aromatic nitrogens is 1. The number of fused-ring (bicyclic) bond motifs is 1. The standard InChI is InChI=1S/C23H31N3O7S2/c1-4-32-17-8-9-18-19(11-17)34-23(26(18)13-22(29)33-5-2)24-20(27)14-35(30,31)15-21(28)25-10-6-7-16(3)12-25/h8-9,11,16H,4-7,10,12-15H2,1-3H3. The summed E-state index contributed by atoms with van der Waals surface area (Å²) in [5.74, 6) is -2.59. The highest BCUT2D eigenvalue weighted by Crippen LogP contribution is 2.23. The van der Waals surface area contributed by atoms with Crippen molar-refractivity contribution in [3.63, 3.8) is 0 Å². The first-order valence-corrected chi connectivity index (χ1v) is 14.2. The molecule has 35 heavy (non-hydrogen) atoms. The predicted octanol–water partition coefficient (Wildman–Crippen LogP) is 1.77. The molecule has 12 heteroatoms. The molecule has 2 amide bonds. The molecule has 0 saturated carbocycles. The van der Waals surface area contributed by atoms with Crippen LogP contribution in [0.1, 0.15) is 33.6 Å². The molecule has 2 aromatic rings. The molecule has 1 aliphatic rings. The predicted molar refractivity (Wildman–Crippen MR) is 132 cm³/mol. The van der Waals surface area contributed by atoms with Crippen LogP contribution in [0.25, 0.3) is 10.2 Å². The van der Waals surface area contributed by atoms with Crippen molar-refractivity contribution in [2.75, 3.05) is 37.8 Å². The first kappa shape index (κ1) is 26.9. The number of ether oxygens (including phenoxy) is 2. The number of benzene rings is 1. The van der Waals surface area contributed by atoms with Gasteiger partial charge in [0.15, 0.2) is 14.6 Å². The van der Waals surface area contributed by atoms with E-state index in [4.69, 9.17) is 9.47 Å². The summed E-state index contributed by atoms with van der Waals surface area (Å²) >= 11 is 1.13. The minimum absolute atomic E-state index is 0.165. The Morgan fingerprint density at radius 3 is 2.63 bits per heavy atom. The van der Waals surface area contributed by atoms with Crippen LogP contribution in [0.15, 0.2) is 23.2 Å². The van der Waals surface area contributed by atoms with E-state index in [9.17, 15) is 22.8 Å². The lowest BCUT2D eigenvalue weighted by molar-refractivity contribution is -0.143. The maximum Gasteiger partial charge on any atom is 0.326 e. The molecule has 1 saturated heterocycles. The monoisotopic (exact) mass is 525 g/mol. The summed E-state index contributed by atoms with van der Waals surface area (Å²) in [6, 6.07) is 5.25. The topological polar surface area (TPSA) is 124 Å². The van der Waals surface area contributed by atoms with Crippen molar-refractivity contribution in [2.24, 2.45) is 10.9 Å². The van der Waals surface area contributed by atoms with E-state index in [0.717, 1.165) is 24.2 Å². The number of esters is 1. The molecule has 1 unspecified atom stereocenters. The molecule has 0 radical (unpaired) electrons. The average Bonchev–Trinajstić information content (AvgIpc) is 3.09. The number of amides is 2. The summed E-state index contributed by atoms with van der Waals surface area (Å²) in [6.45, 7) is 7.09. The van der Waals surface area contributed by atoms with Gasteiger partial charge >= 0.3 is 5.97 Å². The maximum atomic E-state index is 12.6. The van der Waals surface area contributed by atoms with Gasteiger partial charge in [-0.25, -0.2) is 8.42 Å². The van der Waals surface area contributed by atoms with Crippen LogP contribution in [-0.4, -0.2) is 73.5 Å². The highest BCUT2D eigenvalue weighted by Gasteiger charge is 2.27. The molecule has 1 aliphatic heterocycles. The number of likely N-dealkylation sites (tertiary alicyclic amines) is 1. The van der Waals surface area contributed by atoms with Gasteiger partial charge in [-0.05, 0) is 50.8 Å². The molecule has 0 aliphatic carbocycles. The normalized spacial score (nSPS) is 16.9. The molecule has 1 atom stereocenters. The Bertz CT molecular complexity index is 1260. The maximum absolute atomic E-state index is 12.6. The number of hydrogen-bond donors (Lipinski definition) is 0. The summed E-state index contributed by atoms with van der Waals surface area (Å²) in [5, 5.41) is 0. The lowest BCUT2D eigenvalue weighted by Gasteiger charge is -2.30. The van der Waals surface area contributed by atoms with Gasteiger partial charge in [0.1, 0.15) is 23.8 Å². The highest BCUT2D eigenvalue weighted by molar-refractivity contribution is 7.92. The lowest BCUT2D eigenvalue weighted by Crippen LogP contribution is -2.42. The Labute approximate surface area is 208 Å². The SMILES string of the molecule is CCOC(=O)Cn1c(=NC(=O)CS(=O)(=O)CC(=O)N2CCCC(C)C2)sc2cc(OCC)ccc21. The second kappa shape index (κ2) is 11.8. The van der Waals surface area contributed by atoms with E-state index in [1.54, 1.807) is 30.0 Å². The Morgan fingerprint density at radius 2 is 1.94 bits per heavy atom. The van der Waals surface area contributed by atoms with Crippen molar-refractivity contribution in [3.05, 3.63) is 23.0 Å². The second-order valence-electron chi connectivity index (χ2n) is 8.46. The molecule has 0 N–H and O–H groups in total. The van der Waals surface area contributed by atoms with Crippen molar-refractivity contribution < 1.29 is 32.3 Å². The zero-order valence-electron chi connectivity index (χ0n) is 20.2. The van der Waals surface area contributed by atoms with Crippen LogP contribution in [0, 0.1) is 5.92 Å². The number of hydrogen-bond acceptors (Lipinski definition) is 8. The Morgan fingerprint density at radius 1 is 1.17 bits per heavy atom. The summed E-state index contributed by atoms with van der Waals surface area (Å²) in [4.78, 5) is 43.0. The molecule has 0 bridgehead atoms. The van der Waals surface area contributed by atoms with Gasteiger partial charge in [-0.3, -0.25) is 14.4 Å². The smallest absolute Gasteiger partial charge is 0.326 e. The minimum Gasteiger partial charge on any atom is -0.494 e. The molecule has 0 spiro atoms. The third kappa shape index (κ3) is 7.38. The van der Waals surface area contributed by atoms with Gasteiger partial charge in [-0.15, -0.1) is 0 Å². The number of piperidine rings is 1. The second-order valence-corrected chi connectivity index (χ2v) is 11.5. The van der Waals surface area contributed by atoms with Gasteiger partial charge < -0.3 is 18.9 Å². The van der Waals surface area contributed by atoms with Crippen LogP contribution in [0.2, 0.25) is 0 Å². The highest BCUT2D eigenvalue weighted by atomic mass is 32.2. The molecule has 1 fully saturated rings. The molecule has 1 aromatic heterocycles. The van der Waals surface area contributed by atoms with Crippen LogP contribution in [0.5, 0.6) is 5.75 Å². The molecule has 192 valence electrons. The summed E-state index contributed by atoms with van der Waals surface area (Å²) in [6.07, 6.45) is 1.83. The van der Waals surface area contributed by atoms with Gasteiger partial charge in [-0.2, -0.15) is 4.99 Å². The van der Waals surface area contributed by atoms with E-state index in [1.165, 1.54) is 4.57 Å². The Hall–Kier alpha value is -2.73. The fourth-order valence-corrected chi connectivity index (χ4v) is 6.13. The molecule has 10 nitrogen and oxygen atoms in total. The van der Waals surface area contributed by atoms with Crippen LogP contribution >= 0.6 is 11.3 Å². The lowest BCUT2D eigenvalue weighted by atomic mass is 10.0. The van der Waals surface area contributed by atoms with Gasteiger partial charge in [0.25, 0.3) is 5.91 Å². The first-order chi connectivity index (χ1) is 16.6. The van der Waals surface area contributed by atoms with Crippen molar-refractivity contribution in [3.8, 4) is 5.75 Å². The zero-order valence-corrected chi connectivity index (χ0v) is 21.8. The number of rotatable bonds is 9. The first-order valence-electron chi connectivity index (χ1n) is 11.6. The Kier molecular flexibility index (Phi) is 9.06. The van der Waals surface area contributed by atoms with E-state index in [2.05, 4.69) is 4.99 Å². The molecule has 2 heterocycles. The van der Waals surface area contributed by atoms with Crippen molar-refractivity contribution in [1.29, 1.82) is 0 Å². The summed E-state index contributed by atoms with van der Waals surface area (Å²) in [5.41, 5.74) is 0.635. The average molecular weight is 526 g/mol. The van der Waals surface area contributed by atoms with Crippen LogP contribution < -0.4 is 9.54 Å². The van der Waals surface area contributed by atoms with E-state index in [-0.39, 0.29) is 18.0 Å². The molecule has 3 rings (SSSR count). The van der Waals surface area contributed by atoms with Gasteiger partial charge in [0.05, 0.1) is 23.4 Å². The number of sulfone groups is 1. The van der Waals surface area contributed by atoms with Gasteiger partial charge in [0.2, 0.25) is 5.91 Å². The molecule has 1 aromatic carbocycles. The van der Waals surface area contributed by atoms with Crippen molar-refractivity contribution in [1.82, 2.24) is 9.47 Å². The van der Waals surface area contributed by atoms with Crippen LogP contribution in [0.4, 0.5) is 0 Å². The zero-order chi connectivity index (χ0) is 25.6. The fraction of sp³-hybridized carbons (Fsp3) is 0.565. The van der Waals surface area contributed by atoms with E-state index in [1.807, 2.05) is 13.8 Å². The number of nitrogens with zero attached hydrogens (tertiary/aromatic N) is 3.